The van der Waals surface area contributed by atoms with Crippen LogP contribution < -0.4 is 0 Å². The molecule has 3 atom stereocenters. The third-order valence-corrected chi connectivity index (χ3v) is 2.44. The largest absolute Gasteiger partial charge is 0.0651 e. The van der Waals surface area contributed by atoms with E-state index in [1.165, 1.54) is 6.42 Å². The predicted octanol–water partition coefficient (Wildman–Crippen LogP) is 3.14. The van der Waals surface area contributed by atoms with Crippen molar-refractivity contribution in [2.45, 2.75) is 34.1 Å². The average Bonchev–Trinajstić information content (AvgIpc) is 1.84. The van der Waals surface area contributed by atoms with Gasteiger partial charge >= 0.3 is 0 Å². The Hall–Kier alpha value is 0. The van der Waals surface area contributed by atoms with Gasteiger partial charge in [0.25, 0.3) is 0 Å². The van der Waals surface area contributed by atoms with Crippen LogP contribution in [0.3, 0.4) is 0 Å². The van der Waals surface area contributed by atoms with E-state index in [-0.39, 0.29) is 0 Å². The van der Waals surface area contributed by atoms with Crippen LogP contribution in [0.25, 0.3) is 0 Å². The second kappa shape index (κ2) is 3.92. The molecule has 0 heteroatoms. The fraction of sp³-hybridized carbons (Fsp3) is 0.889. The van der Waals surface area contributed by atoms with Crippen LogP contribution >= 0.6 is 0 Å². The lowest BCUT2D eigenvalue weighted by Crippen LogP contribution is -2.13. The van der Waals surface area contributed by atoms with Crippen molar-refractivity contribution in [3.63, 3.8) is 0 Å². The molecule has 0 saturated heterocycles. The molecule has 0 nitrogen and oxygen atoms in total. The second-order valence-electron chi connectivity index (χ2n) is 3.22. The standard InChI is InChI=1S/C9H19/c1-6-8(4)9(5)7(2)3/h7-9H,2,6H2,1,3-5H3. The Balaban J connectivity index is 3.58. The van der Waals surface area contributed by atoms with E-state index in [1.807, 2.05) is 0 Å². The molecule has 0 spiro atoms. The lowest BCUT2D eigenvalue weighted by Gasteiger charge is -2.21. The summed E-state index contributed by atoms with van der Waals surface area (Å²) in [5.74, 6) is 2.20. The topological polar surface area (TPSA) is 0 Å². The van der Waals surface area contributed by atoms with Crippen LogP contribution in [-0.4, -0.2) is 0 Å². The van der Waals surface area contributed by atoms with Crippen molar-refractivity contribution >= 4 is 0 Å². The first-order valence-electron chi connectivity index (χ1n) is 3.92. The summed E-state index contributed by atoms with van der Waals surface area (Å²) >= 11 is 0. The lowest BCUT2D eigenvalue weighted by molar-refractivity contribution is 0.310. The second-order valence-corrected chi connectivity index (χ2v) is 3.22. The molecule has 0 aliphatic rings. The maximum absolute atomic E-state index is 4.01. The maximum atomic E-state index is 4.01. The number of hydrogen-bond acceptors (Lipinski definition) is 0. The zero-order valence-corrected chi connectivity index (χ0v) is 7.15. The average molecular weight is 127 g/mol. The fourth-order valence-electron chi connectivity index (χ4n) is 0.933. The molecule has 0 aliphatic carbocycles. The van der Waals surface area contributed by atoms with Gasteiger partial charge < -0.3 is 0 Å². The molecule has 0 saturated carbocycles. The van der Waals surface area contributed by atoms with Gasteiger partial charge in [-0.2, -0.15) is 0 Å². The molecule has 0 aromatic heterocycles. The minimum Gasteiger partial charge on any atom is -0.0651 e. The van der Waals surface area contributed by atoms with Gasteiger partial charge in [0.2, 0.25) is 0 Å². The summed E-state index contributed by atoms with van der Waals surface area (Å²) in [6.07, 6.45) is 1.28. The summed E-state index contributed by atoms with van der Waals surface area (Å²) in [6.45, 7) is 13.0. The first kappa shape index (κ1) is 9.00. The molecule has 3 unspecified atom stereocenters. The first-order valence-corrected chi connectivity index (χ1v) is 3.92. The first-order chi connectivity index (χ1) is 4.09. The van der Waals surface area contributed by atoms with Gasteiger partial charge in [-0.1, -0.05) is 41.0 Å². The SMILES string of the molecule is [CH2]C(C)C(C)C(C)CC. The lowest BCUT2D eigenvalue weighted by atomic mass is 9.85. The molecule has 0 heterocycles. The Kier molecular flexibility index (Phi) is 3.92. The maximum Gasteiger partial charge on any atom is -0.0391 e. The van der Waals surface area contributed by atoms with Gasteiger partial charge in [-0.25, -0.2) is 0 Å². The summed E-state index contributed by atoms with van der Waals surface area (Å²) < 4.78 is 0. The Morgan fingerprint density at radius 1 is 1.22 bits per heavy atom. The van der Waals surface area contributed by atoms with Crippen LogP contribution in [-0.2, 0) is 0 Å². The zero-order valence-electron chi connectivity index (χ0n) is 7.15. The molecule has 0 rings (SSSR count). The van der Waals surface area contributed by atoms with Crippen molar-refractivity contribution in [1.29, 1.82) is 0 Å². The van der Waals surface area contributed by atoms with E-state index in [1.54, 1.807) is 0 Å². The molecular weight excluding hydrogens is 108 g/mol. The van der Waals surface area contributed by atoms with Crippen molar-refractivity contribution < 1.29 is 0 Å². The third-order valence-electron chi connectivity index (χ3n) is 2.44. The molecule has 0 bridgehead atoms. The van der Waals surface area contributed by atoms with E-state index in [0.29, 0.717) is 5.92 Å². The Morgan fingerprint density at radius 2 is 1.67 bits per heavy atom. The van der Waals surface area contributed by atoms with Crippen LogP contribution in [0, 0.1) is 24.7 Å². The quantitative estimate of drug-likeness (QED) is 0.546. The van der Waals surface area contributed by atoms with Gasteiger partial charge in [0.1, 0.15) is 0 Å². The van der Waals surface area contributed by atoms with E-state index in [9.17, 15) is 0 Å². The van der Waals surface area contributed by atoms with Crippen molar-refractivity contribution in [3.05, 3.63) is 6.92 Å². The van der Waals surface area contributed by atoms with Crippen LogP contribution in [0.4, 0.5) is 0 Å². The van der Waals surface area contributed by atoms with Gasteiger partial charge in [-0.05, 0) is 17.8 Å². The van der Waals surface area contributed by atoms with E-state index >= 15 is 0 Å². The highest BCUT2D eigenvalue weighted by atomic mass is 14.2. The highest BCUT2D eigenvalue weighted by molar-refractivity contribution is 4.67. The Morgan fingerprint density at radius 3 is 1.78 bits per heavy atom. The molecule has 9 heavy (non-hydrogen) atoms. The van der Waals surface area contributed by atoms with E-state index in [4.69, 9.17) is 0 Å². The van der Waals surface area contributed by atoms with Gasteiger partial charge in [-0.3, -0.25) is 0 Å². The molecule has 0 fully saturated rings. The van der Waals surface area contributed by atoms with Gasteiger partial charge in [0.05, 0.1) is 0 Å². The van der Waals surface area contributed by atoms with Crippen LogP contribution in [0.2, 0.25) is 0 Å². The Labute approximate surface area is 59.7 Å². The molecular formula is C9H19. The molecule has 0 amide bonds. The smallest absolute Gasteiger partial charge is 0.0391 e. The molecule has 0 aliphatic heterocycles. The number of rotatable bonds is 3. The highest BCUT2D eigenvalue weighted by Gasteiger charge is 2.12. The highest BCUT2D eigenvalue weighted by Crippen LogP contribution is 2.21. The van der Waals surface area contributed by atoms with E-state index in [2.05, 4.69) is 34.6 Å². The Bertz CT molecular complexity index is 64.4. The summed E-state index contributed by atoms with van der Waals surface area (Å²) in [7, 11) is 0. The molecule has 55 valence electrons. The fourth-order valence-corrected chi connectivity index (χ4v) is 0.933. The van der Waals surface area contributed by atoms with E-state index in [0.717, 1.165) is 11.8 Å². The van der Waals surface area contributed by atoms with Gasteiger partial charge in [0.15, 0.2) is 0 Å². The minimum atomic E-state index is 0.597. The van der Waals surface area contributed by atoms with Crippen molar-refractivity contribution in [3.8, 4) is 0 Å². The van der Waals surface area contributed by atoms with Gasteiger partial charge in [0, 0.05) is 0 Å². The van der Waals surface area contributed by atoms with Crippen LogP contribution in [0.5, 0.6) is 0 Å². The summed E-state index contributed by atoms with van der Waals surface area (Å²) in [5, 5.41) is 0. The number of hydrogen-bond donors (Lipinski definition) is 0. The van der Waals surface area contributed by atoms with Crippen LogP contribution in [0.15, 0.2) is 0 Å². The summed E-state index contributed by atoms with van der Waals surface area (Å²) in [6, 6.07) is 0. The van der Waals surface area contributed by atoms with E-state index < -0.39 is 0 Å². The predicted molar refractivity (Wildman–Crippen MR) is 43.1 cm³/mol. The summed E-state index contributed by atoms with van der Waals surface area (Å²) in [5.41, 5.74) is 0. The molecule has 1 radical (unpaired) electrons. The molecule has 0 aromatic carbocycles. The monoisotopic (exact) mass is 127 g/mol. The molecule has 0 N–H and O–H groups in total. The zero-order chi connectivity index (χ0) is 7.44. The minimum absolute atomic E-state index is 0.597. The van der Waals surface area contributed by atoms with Crippen LogP contribution in [0.1, 0.15) is 34.1 Å². The van der Waals surface area contributed by atoms with Crippen molar-refractivity contribution in [2.24, 2.45) is 17.8 Å². The van der Waals surface area contributed by atoms with Crippen molar-refractivity contribution in [2.75, 3.05) is 0 Å². The molecule has 0 aromatic rings. The normalized spacial score (nSPS) is 18.0. The van der Waals surface area contributed by atoms with Gasteiger partial charge in [-0.15, -0.1) is 0 Å². The third kappa shape index (κ3) is 2.88. The summed E-state index contributed by atoms with van der Waals surface area (Å²) in [4.78, 5) is 0. The van der Waals surface area contributed by atoms with Crippen molar-refractivity contribution in [1.82, 2.24) is 0 Å².